The fourth-order valence-corrected chi connectivity index (χ4v) is 3.10. The molecule has 8 heteroatoms. The largest absolute Gasteiger partial charge is 0.497 e. The summed E-state index contributed by atoms with van der Waals surface area (Å²) in [5, 5.41) is 9.81. The highest BCUT2D eigenvalue weighted by Gasteiger charge is 2.16. The molecular weight excluding hydrogens is 390 g/mol. The van der Waals surface area contributed by atoms with E-state index in [0.717, 1.165) is 11.3 Å². The van der Waals surface area contributed by atoms with Crippen molar-refractivity contribution < 1.29 is 14.2 Å². The molecule has 0 aliphatic heterocycles. The van der Waals surface area contributed by atoms with Crippen molar-refractivity contribution in [2.24, 2.45) is 0 Å². The normalized spacial score (nSPS) is 10.3. The predicted octanol–water partition coefficient (Wildman–Crippen LogP) is 3.63. The van der Waals surface area contributed by atoms with E-state index in [9.17, 15) is 10.1 Å². The maximum absolute atomic E-state index is 12.2. The lowest BCUT2D eigenvalue weighted by molar-refractivity contribution is 0.284. The summed E-state index contributed by atoms with van der Waals surface area (Å²) in [6, 6.07) is 14.7. The predicted molar refractivity (Wildman–Crippen MR) is 111 cm³/mol. The molecule has 0 spiro atoms. The quantitative estimate of drug-likeness (QED) is 0.470. The van der Waals surface area contributed by atoms with Gasteiger partial charge in [0.25, 0.3) is 5.56 Å². The Balaban J connectivity index is 1.92. The molecule has 0 fully saturated rings. The third-order valence-corrected chi connectivity index (χ3v) is 4.75. The fraction of sp³-hybridized carbons (Fsp3) is 0.190. The van der Waals surface area contributed by atoms with Gasteiger partial charge in [0.05, 0.1) is 19.9 Å². The zero-order valence-corrected chi connectivity index (χ0v) is 17.0. The van der Waals surface area contributed by atoms with Crippen LogP contribution in [0.4, 0.5) is 0 Å². The van der Waals surface area contributed by atoms with Crippen molar-refractivity contribution in [1.82, 2.24) is 9.97 Å². The minimum Gasteiger partial charge on any atom is -0.497 e. The van der Waals surface area contributed by atoms with Gasteiger partial charge >= 0.3 is 0 Å². The molecule has 0 radical (unpaired) electrons. The van der Waals surface area contributed by atoms with E-state index in [-0.39, 0.29) is 5.56 Å². The molecule has 0 bridgehead atoms. The number of hydrogen-bond acceptors (Lipinski definition) is 7. The Kier molecular flexibility index (Phi) is 6.42. The topological polar surface area (TPSA) is 97.2 Å². The van der Waals surface area contributed by atoms with Crippen LogP contribution in [0, 0.1) is 11.3 Å². The highest BCUT2D eigenvalue weighted by atomic mass is 32.2. The highest BCUT2D eigenvalue weighted by Crippen LogP contribution is 2.33. The Morgan fingerprint density at radius 1 is 1.14 bits per heavy atom. The van der Waals surface area contributed by atoms with E-state index in [2.05, 4.69) is 9.97 Å². The van der Waals surface area contributed by atoms with Gasteiger partial charge in [-0.3, -0.25) is 4.79 Å². The summed E-state index contributed by atoms with van der Waals surface area (Å²) in [5.41, 5.74) is 1.32. The number of ether oxygens (including phenoxy) is 3. The molecule has 29 heavy (non-hydrogen) atoms. The summed E-state index contributed by atoms with van der Waals surface area (Å²) < 4.78 is 16.6. The van der Waals surface area contributed by atoms with E-state index in [1.807, 2.05) is 30.3 Å². The van der Waals surface area contributed by atoms with Crippen LogP contribution in [-0.4, -0.2) is 30.4 Å². The number of methoxy groups -OCH3 is 2. The fourth-order valence-electron chi connectivity index (χ4n) is 2.72. The molecule has 1 aromatic heterocycles. The van der Waals surface area contributed by atoms with Gasteiger partial charge in [0.15, 0.2) is 16.7 Å². The van der Waals surface area contributed by atoms with Crippen LogP contribution >= 0.6 is 11.8 Å². The number of nitrogens with zero attached hydrogens (tertiary/aromatic N) is 2. The van der Waals surface area contributed by atoms with Gasteiger partial charge in [0.2, 0.25) is 0 Å². The molecule has 0 amide bonds. The molecule has 7 nitrogen and oxygen atoms in total. The van der Waals surface area contributed by atoms with Crippen LogP contribution in [0.15, 0.2) is 52.4 Å². The van der Waals surface area contributed by atoms with Gasteiger partial charge in [-0.2, -0.15) is 5.26 Å². The summed E-state index contributed by atoms with van der Waals surface area (Å²) in [5.74, 6) is 1.76. The second-order valence-electron chi connectivity index (χ2n) is 5.92. The second-order valence-corrected chi connectivity index (χ2v) is 6.71. The Bertz CT molecular complexity index is 1120. The molecule has 0 saturated carbocycles. The SMILES string of the molecule is COc1cccc(COc2ccc(-c3nc(SC)[nH]c(=O)c3C#N)cc2OC)c1. The zero-order chi connectivity index (χ0) is 20.8. The first kappa shape index (κ1) is 20.3. The van der Waals surface area contributed by atoms with Crippen molar-refractivity contribution >= 4 is 11.8 Å². The van der Waals surface area contributed by atoms with Crippen molar-refractivity contribution in [3.05, 3.63) is 63.9 Å². The molecule has 1 N–H and O–H groups in total. The van der Waals surface area contributed by atoms with Gasteiger partial charge in [0, 0.05) is 5.56 Å². The first-order chi connectivity index (χ1) is 14.1. The number of H-pyrrole nitrogens is 1. The number of rotatable bonds is 7. The highest BCUT2D eigenvalue weighted by molar-refractivity contribution is 7.98. The molecule has 148 valence electrons. The van der Waals surface area contributed by atoms with Gasteiger partial charge in [-0.05, 0) is 42.2 Å². The van der Waals surface area contributed by atoms with Crippen LogP contribution in [0.1, 0.15) is 11.1 Å². The van der Waals surface area contributed by atoms with E-state index in [4.69, 9.17) is 14.2 Å². The number of aromatic nitrogens is 2. The number of benzene rings is 2. The molecular formula is C21H19N3O4S. The molecule has 0 saturated heterocycles. The summed E-state index contributed by atoms with van der Waals surface area (Å²) >= 11 is 1.29. The summed E-state index contributed by atoms with van der Waals surface area (Å²) in [4.78, 5) is 19.1. The van der Waals surface area contributed by atoms with Crippen molar-refractivity contribution in [1.29, 1.82) is 5.26 Å². The van der Waals surface area contributed by atoms with Crippen LogP contribution in [-0.2, 0) is 6.61 Å². The van der Waals surface area contributed by atoms with Crippen LogP contribution in [0.5, 0.6) is 17.2 Å². The molecule has 0 aliphatic carbocycles. The smallest absolute Gasteiger partial charge is 0.270 e. The number of nitrogens with one attached hydrogen (secondary N) is 1. The average molecular weight is 409 g/mol. The van der Waals surface area contributed by atoms with Crippen LogP contribution in [0.25, 0.3) is 11.3 Å². The second kappa shape index (κ2) is 9.17. The van der Waals surface area contributed by atoms with E-state index in [1.54, 1.807) is 31.6 Å². The van der Waals surface area contributed by atoms with Gasteiger partial charge in [-0.1, -0.05) is 23.9 Å². The summed E-state index contributed by atoms with van der Waals surface area (Å²) in [6.45, 7) is 0.330. The van der Waals surface area contributed by atoms with Crippen molar-refractivity contribution in [2.45, 2.75) is 11.8 Å². The number of nitriles is 1. The standard InChI is InChI=1S/C21H19N3O4S/c1-26-15-6-4-5-13(9-15)12-28-17-8-7-14(10-18(17)27-2)19-16(11-22)20(25)24-21(23-19)29-3/h4-10H,12H2,1-3H3,(H,23,24,25). The molecule has 0 atom stereocenters. The third-order valence-electron chi connectivity index (χ3n) is 4.17. The van der Waals surface area contributed by atoms with E-state index < -0.39 is 5.56 Å². The molecule has 0 unspecified atom stereocenters. The third kappa shape index (κ3) is 4.52. The Morgan fingerprint density at radius 2 is 1.97 bits per heavy atom. The summed E-state index contributed by atoms with van der Waals surface area (Å²) in [6.07, 6.45) is 1.80. The number of aromatic amines is 1. The average Bonchev–Trinajstić information content (AvgIpc) is 2.77. The molecule has 3 rings (SSSR count). The minimum atomic E-state index is -0.473. The molecule has 2 aromatic carbocycles. The van der Waals surface area contributed by atoms with E-state index in [1.165, 1.54) is 18.9 Å². The van der Waals surface area contributed by atoms with Crippen molar-refractivity contribution in [3.8, 4) is 34.6 Å². The van der Waals surface area contributed by atoms with Crippen LogP contribution in [0.3, 0.4) is 0 Å². The Labute approximate surface area is 172 Å². The Hall–Kier alpha value is -3.44. The number of hydrogen-bond donors (Lipinski definition) is 1. The van der Waals surface area contributed by atoms with Gasteiger partial charge in [-0.25, -0.2) is 4.98 Å². The molecule has 0 aliphatic rings. The maximum atomic E-state index is 12.2. The number of thioether (sulfide) groups is 1. The monoisotopic (exact) mass is 409 g/mol. The van der Waals surface area contributed by atoms with E-state index >= 15 is 0 Å². The first-order valence-electron chi connectivity index (χ1n) is 8.62. The van der Waals surface area contributed by atoms with Crippen LogP contribution < -0.4 is 19.8 Å². The first-order valence-corrected chi connectivity index (χ1v) is 9.84. The summed E-state index contributed by atoms with van der Waals surface area (Å²) in [7, 11) is 3.14. The van der Waals surface area contributed by atoms with E-state index in [0.29, 0.717) is 34.5 Å². The minimum absolute atomic E-state index is 0.0464. The van der Waals surface area contributed by atoms with Crippen LogP contribution in [0.2, 0.25) is 0 Å². The zero-order valence-electron chi connectivity index (χ0n) is 16.2. The van der Waals surface area contributed by atoms with Gasteiger partial charge in [0.1, 0.15) is 24.0 Å². The lowest BCUT2D eigenvalue weighted by Gasteiger charge is -2.13. The lowest BCUT2D eigenvalue weighted by Crippen LogP contribution is -2.14. The van der Waals surface area contributed by atoms with Crippen molar-refractivity contribution in [2.75, 3.05) is 20.5 Å². The van der Waals surface area contributed by atoms with Gasteiger partial charge < -0.3 is 19.2 Å². The molecule has 1 heterocycles. The Morgan fingerprint density at radius 3 is 2.66 bits per heavy atom. The maximum Gasteiger partial charge on any atom is 0.270 e. The molecule has 3 aromatic rings. The van der Waals surface area contributed by atoms with Gasteiger partial charge in [-0.15, -0.1) is 0 Å². The van der Waals surface area contributed by atoms with Crippen molar-refractivity contribution in [3.63, 3.8) is 0 Å². The lowest BCUT2D eigenvalue weighted by atomic mass is 10.1.